The average Bonchev–Trinajstić information content (AvgIpc) is 2.91. The van der Waals surface area contributed by atoms with Crippen LogP contribution in [0, 0.1) is 53.5 Å². The van der Waals surface area contributed by atoms with E-state index >= 15 is 0 Å². The van der Waals surface area contributed by atoms with E-state index in [9.17, 15) is 48.1 Å². The van der Waals surface area contributed by atoms with E-state index in [4.69, 9.17) is 4.74 Å². The Balaban J connectivity index is 1.89. The molecule has 1 N–H and O–H groups in total. The highest BCUT2D eigenvalue weighted by molar-refractivity contribution is 7.86. The van der Waals surface area contributed by atoms with Crippen molar-refractivity contribution in [1.29, 1.82) is 0 Å². The number of hydrogen-bond acceptors (Lipinski definition) is 4. The van der Waals surface area contributed by atoms with Crippen molar-refractivity contribution >= 4 is 10.1 Å². The number of methoxy groups -OCH3 is 1. The largest absolute Gasteiger partial charge is 0.491 e. The van der Waals surface area contributed by atoms with Crippen molar-refractivity contribution in [2.24, 2.45) is 0 Å². The Kier molecular flexibility index (Phi) is 7.51. The lowest BCUT2D eigenvalue weighted by molar-refractivity contribution is 0.332. The molecule has 4 aromatic rings. The maximum absolute atomic E-state index is 14.9. The Hall–Kier alpha value is -4.17. The van der Waals surface area contributed by atoms with Gasteiger partial charge in [0, 0.05) is 0 Å². The Morgan fingerprint density at radius 1 is 0.625 bits per heavy atom. The molecule has 0 aliphatic carbocycles. The minimum atomic E-state index is -5.17. The third-order valence-corrected chi connectivity index (χ3v) is 6.59. The van der Waals surface area contributed by atoms with Gasteiger partial charge in [0.1, 0.15) is 10.6 Å². The molecule has 0 fully saturated rings. The van der Waals surface area contributed by atoms with E-state index in [1.807, 2.05) is 0 Å². The summed E-state index contributed by atoms with van der Waals surface area (Å²) in [5.74, 6) is -23.9. The fourth-order valence-electron chi connectivity index (χ4n) is 3.76. The van der Waals surface area contributed by atoms with Crippen LogP contribution in [0.1, 0.15) is 5.56 Å². The second kappa shape index (κ2) is 10.4. The predicted molar refractivity (Wildman–Crippen MR) is 125 cm³/mol. The van der Waals surface area contributed by atoms with Gasteiger partial charge >= 0.3 is 0 Å². The Morgan fingerprint density at radius 2 is 1.05 bits per heavy atom. The molecule has 0 radical (unpaired) electrons. The molecule has 210 valence electrons. The Labute approximate surface area is 221 Å². The first-order valence-corrected chi connectivity index (χ1v) is 12.3. The van der Waals surface area contributed by atoms with E-state index in [2.05, 4.69) is 4.74 Å². The summed E-state index contributed by atoms with van der Waals surface area (Å²) >= 11 is 0. The summed E-state index contributed by atoms with van der Waals surface area (Å²) in [5, 5.41) is 0. The third-order valence-electron chi connectivity index (χ3n) is 5.72. The molecular formula is C26H14F8O5S. The van der Waals surface area contributed by atoms with E-state index < -0.39 is 89.9 Å². The molecule has 0 aliphatic heterocycles. The highest BCUT2D eigenvalue weighted by atomic mass is 32.2. The van der Waals surface area contributed by atoms with Crippen LogP contribution in [0.3, 0.4) is 0 Å². The summed E-state index contributed by atoms with van der Waals surface area (Å²) < 4.78 is 159. The van der Waals surface area contributed by atoms with Crippen LogP contribution < -0.4 is 9.47 Å². The topological polar surface area (TPSA) is 72.8 Å². The number of aryl methyl sites for hydroxylation is 1. The van der Waals surface area contributed by atoms with Gasteiger partial charge < -0.3 is 9.47 Å². The molecule has 40 heavy (non-hydrogen) atoms. The molecule has 0 saturated heterocycles. The van der Waals surface area contributed by atoms with Gasteiger partial charge in [-0.1, -0.05) is 35.9 Å². The molecule has 0 bridgehead atoms. The zero-order chi connectivity index (χ0) is 29.7. The van der Waals surface area contributed by atoms with Gasteiger partial charge in [-0.3, -0.25) is 4.55 Å². The molecule has 0 aliphatic rings. The SMILES string of the molecule is COc1c(F)c(F)c(-c2c(F)c(F)c(Oc3ccc(-c4ccc(C)cc4)cc3S(=O)(=O)O)c(F)c2F)c(F)c1F. The Bertz CT molecular complexity index is 1720. The van der Waals surface area contributed by atoms with Crippen LogP contribution in [-0.4, -0.2) is 20.1 Å². The number of halogens is 8. The van der Waals surface area contributed by atoms with Crippen LogP contribution in [0.4, 0.5) is 35.1 Å². The van der Waals surface area contributed by atoms with Crippen LogP contribution >= 0.6 is 0 Å². The highest BCUT2D eigenvalue weighted by Crippen LogP contribution is 2.43. The van der Waals surface area contributed by atoms with Crippen molar-refractivity contribution in [3.8, 4) is 39.5 Å². The molecule has 0 unspecified atom stereocenters. The van der Waals surface area contributed by atoms with E-state index in [1.165, 1.54) is 6.07 Å². The van der Waals surface area contributed by atoms with E-state index in [-0.39, 0.29) is 5.56 Å². The molecule has 0 atom stereocenters. The average molecular weight is 590 g/mol. The number of benzene rings is 4. The van der Waals surface area contributed by atoms with Crippen molar-refractivity contribution in [3.63, 3.8) is 0 Å². The lowest BCUT2D eigenvalue weighted by Crippen LogP contribution is -2.10. The maximum atomic E-state index is 14.9. The minimum absolute atomic E-state index is 0.183. The lowest BCUT2D eigenvalue weighted by Gasteiger charge is -2.16. The monoisotopic (exact) mass is 590 g/mol. The van der Waals surface area contributed by atoms with Crippen LogP contribution in [0.2, 0.25) is 0 Å². The molecule has 0 amide bonds. The smallest absolute Gasteiger partial charge is 0.298 e. The first-order chi connectivity index (χ1) is 18.7. The van der Waals surface area contributed by atoms with Crippen molar-refractivity contribution in [2.45, 2.75) is 11.8 Å². The predicted octanol–water partition coefficient (Wildman–Crippen LogP) is 7.49. The maximum Gasteiger partial charge on any atom is 0.298 e. The number of rotatable bonds is 6. The third kappa shape index (κ3) is 4.84. The summed E-state index contributed by atoms with van der Waals surface area (Å²) in [4.78, 5) is -1.06. The summed E-state index contributed by atoms with van der Waals surface area (Å²) in [6.45, 7) is 1.78. The van der Waals surface area contributed by atoms with E-state index in [0.29, 0.717) is 12.7 Å². The molecule has 0 spiro atoms. The molecule has 4 rings (SSSR count). The quantitative estimate of drug-likeness (QED) is 0.143. The molecule has 4 aromatic carbocycles. The number of ether oxygens (including phenoxy) is 2. The summed E-state index contributed by atoms with van der Waals surface area (Å²) in [5.41, 5.74) is -2.80. The minimum Gasteiger partial charge on any atom is -0.491 e. The van der Waals surface area contributed by atoms with Crippen LogP contribution in [0.25, 0.3) is 22.3 Å². The highest BCUT2D eigenvalue weighted by Gasteiger charge is 2.35. The van der Waals surface area contributed by atoms with Gasteiger partial charge in [0.2, 0.25) is 29.0 Å². The van der Waals surface area contributed by atoms with Gasteiger partial charge in [-0.05, 0) is 30.2 Å². The molecule has 0 aromatic heterocycles. The van der Waals surface area contributed by atoms with Crippen molar-refractivity contribution in [3.05, 3.63) is 94.6 Å². The molecule has 0 saturated carbocycles. The zero-order valence-electron chi connectivity index (χ0n) is 20.1. The second-order valence-corrected chi connectivity index (χ2v) is 9.62. The molecule has 14 heteroatoms. The summed E-state index contributed by atoms with van der Waals surface area (Å²) in [7, 11) is -4.54. The second-order valence-electron chi connectivity index (χ2n) is 8.23. The van der Waals surface area contributed by atoms with Gasteiger partial charge in [-0.25, -0.2) is 17.6 Å². The normalized spacial score (nSPS) is 11.6. The summed E-state index contributed by atoms with van der Waals surface area (Å²) in [6, 6.07) is 9.39. The van der Waals surface area contributed by atoms with Crippen molar-refractivity contribution < 1.29 is 57.6 Å². The van der Waals surface area contributed by atoms with Crippen molar-refractivity contribution in [1.82, 2.24) is 0 Å². The summed E-state index contributed by atoms with van der Waals surface area (Å²) in [6.07, 6.45) is 0. The van der Waals surface area contributed by atoms with E-state index in [1.54, 1.807) is 31.2 Å². The zero-order valence-corrected chi connectivity index (χ0v) is 20.9. The van der Waals surface area contributed by atoms with Gasteiger partial charge in [0.15, 0.2) is 29.0 Å². The fraction of sp³-hybridized carbons (Fsp3) is 0.0769. The molecule has 5 nitrogen and oxygen atoms in total. The first kappa shape index (κ1) is 28.8. The molecular weight excluding hydrogens is 576 g/mol. The van der Waals surface area contributed by atoms with Gasteiger partial charge in [-0.2, -0.15) is 26.0 Å². The Morgan fingerprint density at radius 3 is 1.48 bits per heavy atom. The van der Waals surface area contributed by atoms with Gasteiger partial charge in [0.05, 0.1) is 18.2 Å². The van der Waals surface area contributed by atoms with Crippen LogP contribution in [-0.2, 0) is 10.1 Å². The van der Waals surface area contributed by atoms with Crippen molar-refractivity contribution in [2.75, 3.05) is 7.11 Å². The van der Waals surface area contributed by atoms with E-state index in [0.717, 1.165) is 17.7 Å². The van der Waals surface area contributed by atoms with Crippen LogP contribution in [0.15, 0.2) is 47.4 Å². The van der Waals surface area contributed by atoms with Gasteiger partial charge in [0.25, 0.3) is 10.1 Å². The standard InChI is InChI=1S/C26H14F8O5S/c1-10-3-5-11(6-4-10)12-7-8-13(14(9-12)40(35,36)37)39-26-23(33)19(29)16(20(30)24(26)34)15-17(27)21(31)25(38-2)22(32)18(15)28/h3-9H,1-2H3,(H,35,36,37). The fourth-order valence-corrected chi connectivity index (χ4v) is 4.40. The lowest BCUT2D eigenvalue weighted by atomic mass is 10.0. The first-order valence-electron chi connectivity index (χ1n) is 10.8. The molecule has 0 heterocycles. The van der Waals surface area contributed by atoms with Crippen LogP contribution in [0.5, 0.6) is 17.2 Å². The number of hydrogen-bond donors (Lipinski definition) is 1. The van der Waals surface area contributed by atoms with Gasteiger partial charge in [-0.15, -0.1) is 0 Å².